The average molecular weight is 245 g/mol. The zero-order valence-electron chi connectivity index (χ0n) is 10.6. The van der Waals surface area contributed by atoms with Crippen molar-refractivity contribution in [3.63, 3.8) is 0 Å². The number of anilines is 1. The Kier molecular flexibility index (Phi) is 3.82. The van der Waals surface area contributed by atoms with E-state index in [1.807, 2.05) is 42.3 Å². The average Bonchev–Trinajstić information content (AvgIpc) is 2.39. The van der Waals surface area contributed by atoms with Gasteiger partial charge in [0.25, 0.3) is 0 Å². The van der Waals surface area contributed by atoms with Crippen molar-refractivity contribution in [2.45, 2.75) is 6.54 Å². The molecule has 0 aromatic heterocycles. The molecule has 2 rings (SSSR count). The molecule has 0 aliphatic heterocycles. The highest BCUT2D eigenvalue weighted by Gasteiger charge is 2.09. The van der Waals surface area contributed by atoms with Crippen molar-refractivity contribution in [3.05, 3.63) is 59.9 Å². The summed E-state index contributed by atoms with van der Waals surface area (Å²) in [7, 11) is 3.40. The molecule has 0 fully saturated rings. The van der Waals surface area contributed by atoms with Gasteiger partial charge in [0.05, 0.1) is 12.8 Å². The Bertz CT molecular complexity index is 513. The lowest BCUT2D eigenvalue weighted by Crippen LogP contribution is -2.17. The molecular formula is C15H16FNO. The number of hydrogen-bond donors (Lipinski definition) is 0. The molecule has 18 heavy (non-hydrogen) atoms. The number of methoxy groups -OCH3 is 1. The molecule has 0 aliphatic rings. The van der Waals surface area contributed by atoms with Gasteiger partial charge in [-0.15, -0.1) is 0 Å². The topological polar surface area (TPSA) is 12.5 Å². The number of benzene rings is 2. The van der Waals surface area contributed by atoms with Crippen LogP contribution in [0.5, 0.6) is 5.75 Å². The van der Waals surface area contributed by atoms with E-state index in [4.69, 9.17) is 4.74 Å². The van der Waals surface area contributed by atoms with E-state index in [2.05, 4.69) is 0 Å². The number of hydrogen-bond acceptors (Lipinski definition) is 2. The molecule has 0 unspecified atom stereocenters. The molecule has 2 nitrogen and oxygen atoms in total. The van der Waals surface area contributed by atoms with Gasteiger partial charge in [0.1, 0.15) is 11.6 Å². The van der Waals surface area contributed by atoms with Gasteiger partial charge in [-0.2, -0.15) is 0 Å². The largest absolute Gasteiger partial charge is 0.497 e. The van der Waals surface area contributed by atoms with Crippen LogP contribution in [0.15, 0.2) is 48.5 Å². The van der Waals surface area contributed by atoms with Gasteiger partial charge in [0.15, 0.2) is 0 Å². The van der Waals surface area contributed by atoms with Crippen molar-refractivity contribution >= 4 is 5.69 Å². The van der Waals surface area contributed by atoms with Crippen LogP contribution in [0.25, 0.3) is 0 Å². The van der Waals surface area contributed by atoms with Crippen LogP contribution in [0.2, 0.25) is 0 Å². The number of nitrogens with zero attached hydrogens (tertiary/aromatic N) is 1. The molecule has 0 heterocycles. The minimum absolute atomic E-state index is 0.271. The Hall–Kier alpha value is -2.03. The van der Waals surface area contributed by atoms with Gasteiger partial charge in [-0.05, 0) is 17.7 Å². The second-order valence-corrected chi connectivity index (χ2v) is 4.16. The maximum atomic E-state index is 13.9. The summed E-state index contributed by atoms with van der Waals surface area (Å²) in [4.78, 5) is 1.88. The predicted molar refractivity (Wildman–Crippen MR) is 71.5 cm³/mol. The van der Waals surface area contributed by atoms with Crippen LogP contribution in [0.3, 0.4) is 0 Å². The van der Waals surface area contributed by atoms with E-state index < -0.39 is 0 Å². The van der Waals surface area contributed by atoms with E-state index in [0.717, 1.165) is 5.56 Å². The minimum Gasteiger partial charge on any atom is -0.497 e. The SMILES string of the molecule is COc1ccc(N(C)Cc2ccccc2)c(F)c1. The molecule has 0 N–H and O–H groups in total. The van der Waals surface area contributed by atoms with Crippen LogP contribution in [-0.2, 0) is 6.54 Å². The van der Waals surface area contributed by atoms with Crippen LogP contribution in [-0.4, -0.2) is 14.2 Å². The summed E-state index contributed by atoms with van der Waals surface area (Å²) in [5.41, 5.74) is 1.72. The quantitative estimate of drug-likeness (QED) is 0.817. The molecule has 94 valence electrons. The third-order valence-corrected chi connectivity index (χ3v) is 2.83. The maximum absolute atomic E-state index is 13.9. The van der Waals surface area contributed by atoms with Gasteiger partial charge in [-0.1, -0.05) is 30.3 Å². The van der Waals surface area contributed by atoms with Crippen molar-refractivity contribution in [2.24, 2.45) is 0 Å². The normalized spacial score (nSPS) is 10.2. The van der Waals surface area contributed by atoms with Gasteiger partial charge in [0, 0.05) is 19.7 Å². The van der Waals surface area contributed by atoms with E-state index in [0.29, 0.717) is 18.0 Å². The zero-order chi connectivity index (χ0) is 13.0. The molecule has 3 heteroatoms. The van der Waals surface area contributed by atoms with Crippen molar-refractivity contribution in [1.82, 2.24) is 0 Å². The summed E-state index contributed by atoms with van der Waals surface area (Å²) < 4.78 is 18.9. The summed E-state index contributed by atoms with van der Waals surface area (Å²) in [5, 5.41) is 0. The maximum Gasteiger partial charge on any atom is 0.150 e. The lowest BCUT2D eigenvalue weighted by Gasteiger charge is -2.20. The lowest BCUT2D eigenvalue weighted by atomic mass is 10.2. The number of rotatable bonds is 4. The van der Waals surface area contributed by atoms with Crippen LogP contribution in [0.4, 0.5) is 10.1 Å². The molecule has 2 aromatic rings. The molecule has 0 atom stereocenters. The first-order chi connectivity index (χ1) is 8.70. The first-order valence-corrected chi connectivity index (χ1v) is 5.79. The van der Waals surface area contributed by atoms with E-state index in [1.54, 1.807) is 12.1 Å². The van der Waals surface area contributed by atoms with Crippen molar-refractivity contribution in [1.29, 1.82) is 0 Å². The fraction of sp³-hybridized carbons (Fsp3) is 0.200. The molecule has 0 bridgehead atoms. The zero-order valence-corrected chi connectivity index (χ0v) is 10.6. The van der Waals surface area contributed by atoms with E-state index in [1.165, 1.54) is 13.2 Å². The summed E-state index contributed by atoms with van der Waals surface area (Å²) in [6.45, 7) is 0.671. The Morgan fingerprint density at radius 3 is 2.44 bits per heavy atom. The molecule has 0 saturated heterocycles. The molecular weight excluding hydrogens is 229 g/mol. The van der Waals surface area contributed by atoms with E-state index in [9.17, 15) is 4.39 Å². The van der Waals surface area contributed by atoms with Gasteiger partial charge in [0.2, 0.25) is 0 Å². The van der Waals surface area contributed by atoms with Gasteiger partial charge < -0.3 is 9.64 Å². The summed E-state index contributed by atoms with van der Waals surface area (Å²) in [5.74, 6) is 0.261. The fourth-order valence-electron chi connectivity index (χ4n) is 1.87. The van der Waals surface area contributed by atoms with Crippen LogP contribution < -0.4 is 9.64 Å². The minimum atomic E-state index is -0.271. The predicted octanol–water partition coefficient (Wildman–Crippen LogP) is 3.47. The molecule has 0 radical (unpaired) electrons. The number of halogens is 1. The monoisotopic (exact) mass is 245 g/mol. The third-order valence-electron chi connectivity index (χ3n) is 2.83. The van der Waals surface area contributed by atoms with Crippen molar-refractivity contribution < 1.29 is 9.13 Å². The molecule has 0 saturated carbocycles. The highest BCUT2D eigenvalue weighted by molar-refractivity contribution is 5.50. The second-order valence-electron chi connectivity index (χ2n) is 4.16. The summed E-state index contributed by atoms with van der Waals surface area (Å²) in [6, 6.07) is 14.9. The molecule has 0 aliphatic carbocycles. The summed E-state index contributed by atoms with van der Waals surface area (Å²) in [6.07, 6.45) is 0. The van der Waals surface area contributed by atoms with Gasteiger partial charge in [-0.3, -0.25) is 0 Å². The number of ether oxygens (including phenoxy) is 1. The highest BCUT2D eigenvalue weighted by Crippen LogP contribution is 2.24. The van der Waals surface area contributed by atoms with Gasteiger partial charge >= 0.3 is 0 Å². The lowest BCUT2D eigenvalue weighted by molar-refractivity contribution is 0.411. The fourth-order valence-corrected chi connectivity index (χ4v) is 1.87. The molecule has 0 amide bonds. The Balaban J connectivity index is 2.16. The van der Waals surface area contributed by atoms with Crippen LogP contribution >= 0.6 is 0 Å². The Morgan fingerprint density at radius 2 is 1.83 bits per heavy atom. The second kappa shape index (κ2) is 5.54. The van der Waals surface area contributed by atoms with Crippen molar-refractivity contribution in [2.75, 3.05) is 19.1 Å². The Labute approximate surface area is 107 Å². The standard InChI is InChI=1S/C15H16FNO/c1-17(11-12-6-4-3-5-7-12)15-9-8-13(18-2)10-14(15)16/h3-10H,11H2,1-2H3. The Morgan fingerprint density at radius 1 is 1.11 bits per heavy atom. The van der Waals surface area contributed by atoms with Crippen molar-refractivity contribution in [3.8, 4) is 5.75 Å². The first-order valence-electron chi connectivity index (χ1n) is 5.79. The van der Waals surface area contributed by atoms with E-state index in [-0.39, 0.29) is 5.82 Å². The van der Waals surface area contributed by atoms with Crippen LogP contribution in [0.1, 0.15) is 5.56 Å². The summed E-state index contributed by atoms with van der Waals surface area (Å²) >= 11 is 0. The smallest absolute Gasteiger partial charge is 0.150 e. The first kappa shape index (κ1) is 12.4. The van der Waals surface area contributed by atoms with E-state index >= 15 is 0 Å². The highest BCUT2D eigenvalue weighted by atomic mass is 19.1. The third kappa shape index (κ3) is 2.80. The molecule has 2 aromatic carbocycles. The van der Waals surface area contributed by atoms with Crippen LogP contribution in [0, 0.1) is 5.82 Å². The molecule has 0 spiro atoms. The van der Waals surface area contributed by atoms with Gasteiger partial charge in [-0.25, -0.2) is 4.39 Å².